The van der Waals surface area contributed by atoms with Gasteiger partial charge in [-0.05, 0) is 36.8 Å². The number of hydrogen-bond acceptors (Lipinski definition) is 9. The van der Waals surface area contributed by atoms with Crippen LogP contribution in [0.4, 0.5) is 23.3 Å². The number of benzene rings is 2. The van der Waals surface area contributed by atoms with Crippen LogP contribution in [-0.2, 0) is 20.9 Å². The van der Waals surface area contributed by atoms with Gasteiger partial charge < -0.3 is 25.4 Å². The molecular formula is C23H23ClN6O4. The second kappa shape index (κ2) is 9.92. The van der Waals surface area contributed by atoms with Crippen molar-refractivity contribution in [3.8, 4) is 5.75 Å². The summed E-state index contributed by atoms with van der Waals surface area (Å²) in [5.41, 5.74) is 8.13. The van der Waals surface area contributed by atoms with Crippen molar-refractivity contribution in [1.82, 2.24) is 15.0 Å². The summed E-state index contributed by atoms with van der Waals surface area (Å²) in [6.07, 6.45) is 0.00787. The number of para-hydroxylation sites is 1. The van der Waals surface area contributed by atoms with E-state index in [2.05, 4.69) is 20.3 Å². The van der Waals surface area contributed by atoms with Crippen LogP contribution in [0.25, 0.3) is 0 Å². The molecule has 1 aliphatic heterocycles. The Kier molecular flexibility index (Phi) is 6.78. The van der Waals surface area contributed by atoms with E-state index in [9.17, 15) is 9.59 Å². The Morgan fingerprint density at radius 1 is 1.24 bits per heavy atom. The van der Waals surface area contributed by atoms with Crippen LogP contribution in [-0.4, -0.2) is 40.5 Å². The predicted octanol–water partition coefficient (Wildman–Crippen LogP) is 3.26. The molecule has 3 N–H and O–H groups in total. The SMILES string of the molecule is COc1ccc(Cl)cc1N1C[C@@H](C(=O)OCc2nc(N)nc(Nc3ccccc3C)n2)CC1=O. The fourth-order valence-electron chi connectivity index (χ4n) is 3.62. The zero-order valence-corrected chi connectivity index (χ0v) is 19.4. The summed E-state index contributed by atoms with van der Waals surface area (Å²) in [4.78, 5) is 39.2. The number of carbonyl (C=O) groups excluding carboxylic acids is 2. The minimum atomic E-state index is -0.653. The van der Waals surface area contributed by atoms with Gasteiger partial charge in [-0.25, -0.2) is 0 Å². The molecule has 1 atom stereocenters. The lowest BCUT2D eigenvalue weighted by Crippen LogP contribution is -2.27. The average molecular weight is 483 g/mol. The van der Waals surface area contributed by atoms with E-state index >= 15 is 0 Å². The van der Waals surface area contributed by atoms with E-state index < -0.39 is 11.9 Å². The number of amides is 1. The summed E-state index contributed by atoms with van der Waals surface area (Å²) < 4.78 is 10.7. The number of halogens is 1. The van der Waals surface area contributed by atoms with Crippen LogP contribution >= 0.6 is 11.6 Å². The fraction of sp³-hybridized carbons (Fsp3) is 0.261. The molecule has 1 aliphatic rings. The summed E-state index contributed by atoms with van der Waals surface area (Å²) in [6, 6.07) is 12.6. The Morgan fingerprint density at radius 2 is 2.03 bits per heavy atom. The van der Waals surface area contributed by atoms with Crippen molar-refractivity contribution in [3.05, 3.63) is 58.9 Å². The Morgan fingerprint density at radius 3 is 2.79 bits per heavy atom. The first-order valence-electron chi connectivity index (χ1n) is 10.5. The molecule has 11 heteroatoms. The quantitative estimate of drug-likeness (QED) is 0.486. The highest BCUT2D eigenvalue weighted by atomic mass is 35.5. The summed E-state index contributed by atoms with van der Waals surface area (Å²) in [6.45, 7) is 1.88. The number of aromatic nitrogens is 3. The minimum Gasteiger partial charge on any atom is -0.495 e. The molecule has 0 spiro atoms. The zero-order chi connectivity index (χ0) is 24.2. The van der Waals surface area contributed by atoms with Gasteiger partial charge >= 0.3 is 5.97 Å². The largest absolute Gasteiger partial charge is 0.495 e. The highest BCUT2D eigenvalue weighted by molar-refractivity contribution is 6.31. The fourth-order valence-corrected chi connectivity index (χ4v) is 3.78. The molecule has 0 unspecified atom stereocenters. The molecule has 2 heterocycles. The number of nitrogens with one attached hydrogen (secondary N) is 1. The highest BCUT2D eigenvalue weighted by Crippen LogP contribution is 2.35. The van der Waals surface area contributed by atoms with Gasteiger partial charge in [-0.2, -0.15) is 15.0 Å². The molecule has 0 radical (unpaired) electrons. The van der Waals surface area contributed by atoms with Crippen LogP contribution in [0.1, 0.15) is 17.8 Å². The second-order valence-corrected chi connectivity index (χ2v) is 8.14. The van der Waals surface area contributed by atoms with Gasteiger partial charge in [0, 0.05) is 23.7 Å². The van der Waals surface area contributed by atoms with E-state index in [1.165, 1.54) is 12.0 Å². The molecule has 10 nitrogen and oxygen atoms in total. The summed E-state index contributed by atoms with van der Waals surface area (Å²) in [5.74, 6) is -0.507. The summed E-state index contributed by atoms with van der Waals surface area (Å²) >= 11 is 6.08. The van der Waals surface area contributed by atoms with E-state index in [1.807, 2.05) is 31.2 Å². The number of ether oxygens (including phenoxy) is 2. The van der Waals surface area contributed by atoms with Crippen molar-refractivity contribution in [3.63, 3.8) is 0 Å². The first kappa shape index (κ1) is 23.2. The standard InChI is InChI=1S/C23H23ClN6O4/c1-13-5-3-4-6-16(13)26-23-28-19(27-22(25)29-23)12-34-21(32)14-9-20(31)30(11-14)17-10-15(24)7-8-18(17)33-2/h3-8,10,14H,9,11-12H2,1-2H3,(H3,25,26,27,28,29)/t14-/m0/s1. The smallest absolute Gasteiger partial charge is 0.311 e. The zero-order valence-electron chi connectivity index (χ0n) is 18.6. The normalized spacial score (nSPS) is 15.3. The molecule has 2 aromatic carbocycles. The molecule has 176 valence electrons. The van der Waals surface area contributed by atoms with Gasteiger partial charge in [-0.1, -0.05) is 29.8 Å². The van der Waals surface area contributed by atoms with Gasteiger partial charge in [-0.3, -0.25) is 9.59 Å². The van der Waals surface area contributed by atoms with Crippen molar-refractivity contribution >= 4 is 46.7 Å². The number of methoxy groups -OCH3 is 1. The van der Waals surface area contributed by atoms with Crippen LogP contribution < -0.4 is 20.7 Å². The third-order valence-electron chi connectivity index (χ3n) is 5.32. The molecular weight excluding hydrogens is 460 g/mol. The molecule has 0 bridgehead atoms. The molecule has 3 aromatic rings. The maximum atomic E-state index is 12.7. The van der Waals surface area contributed by atoms with Gasteiger partial charge in [0.25, 0.3) is 0 Å². The number of nitrogens with two attached hydrogens (primary N) is 1. The summed E-state index contributed by atoms with van der Waals surface area (Å²) in [7, 11) is 1.50. The lowest BCUT2D eigenvalue weighted by molar-refractivity contribution is -0.149. The van der Waals surface area contributed by atoms with Gasteiger partial charge in [0.1, 0.15) is 5.75 Å². The first-order chi connectivity index (χ1) is 16.3. The van der Waals surface area contributed by atoms with Crippen LogP contribution in [0.5, 0.6) is 5.75 Å². The number of esters is 1. The molecule has 4 rings (SSSR count). The van der Waals surface area contributed by atoms with Crippen molar-refractivity contribution in [2.75, 3.05) is 29.6 Å². The highest BCUT2D eigenvalue weighted by Gasteiger charge is 2.37. The number of nitrogen functional groups attached to an aromatic ring is 1. The van der Waals surface area contributed by atoms with Crippen molar-refractivity contribution in [2.45, 2.75) is 20.0 Å². The average Bonchev–Trinajstić information content (AvgIpc) is 3.20. The topological polar surface area (TPSA) is 133 Å². The lowest BCUT2D eigenvalue weighted by atomic mass is 10.1. The maximum Gasteiger partial charge on any atom is 0.311 e. The third kappa shape index (κ3) is 5.18. The monoisotopic (exact) mass is 482 g/mol. The molecule has 0 aliphatic carbocycles. The van der Waals surface area contributed by atoms with Gasteiger partial charge in [0.05, 0.1) is 18.7 Å². The van der Waals surface area contributed by atoms with E-state index in [0.29, 0.717) is 16.5 Å². The number of aryl methyl sites for hydroxylation is 1. The van der Waals surface area contributed by atoms with Crippen LogP contribution in [0.15, 0.2) is 42.5 Å². The molecule has 1 aromatic heterocycles. The number of carbonyl (C=O) groups is 2. The van der Waals surface area contributed by atoms with E-state index in [4.69, 9.17) is 26.8 Å². The number of rotatable bonds is 7. The number of anilines is 4. The Hall–Kier alpha value is -3.92. The van der Waals surface area contributed by atoms with Gasteiger partial charge in [0.15, 0.2) is 12.4 Å². The maximum absolute atomic E-state index is 12.7. The molecule has 1 saturated heterocycles. The van der Waals surface area contributed by atoms with Crippen molar-refractivity contribution in [1.29, 1.82) is 0 Å². The Labute approximate surface area is 201 Å². The van der Waals surface area contributed by atoms with Crippen LogP contribution in [0.3, 0.4) is 0 Å². The molecule has 1 amide bonds. The van der Waals surface area contributed by atoms with Crippen molar-refractivity contribution < 1.29 is 19.1 Å². The second-order valence-electron chi connectivity index (χ2n) is 7.70. The van der Waals surface area contributed by atoms with Gasteiger partial charge in [-0.15, -0.1) is 0 Å². The Bertz CT molecular complexity index is 1240. The number of hydrogen-bond donors (Lipinski definition) is 2. The first-order valence-corrected chi connectivity index (χ1v) is 10.9. The van der Waals surface area contributed by atoms with Crippen LogP contribution in [0, 0.1) is 12.8 Å². The van der Waals surface area contributed by atoms with E-state index in [-0.39, 0.29) is 43.2 Å². The third-order valence-corrected chi connectivity index (χ3v) is 5.56. The van der Waals surface area contributed by atoms with E-state index in [0.717, 1.165) is 11.3 Å². The van der Waals surface area contributed by atoms with Gasteiger partial charge in [0.2, 0.25) is 17.8 Å². The predicted molar refractivity (Wildman–Crippen MR) is 127 cm³/mol. The Balaban J connectivity index is 1.41. The molecule has 34 heavy (non-hydrogen) atoms. The lowest BCUT2D eigenvalue weighted by Gasteiger charge is -2.19. The van der Waals surface area contributed by atoms with Crippen molar-refractivity contribution in [2.24, 2.45) is 5.92 Å². The molecule has 0 saturated carbocycles. The minimum absolute atomic E-state index is 0.00703. The van der Waals surface area contributed by atoms with Crippen LogP contribution in [0.2, 0.25) is 5.02 Å². The van der Waals surface area contributed by atoms with E-state index in [1.54, 1.807) is 18.2 Å². The number of nitrogens with zero attached hydrogens (tertiary/aromatic N) is 4. The molecule has 1 fully saturated rings. The summed E-state index contributed by atoms with van der Waals surface area (Å²) in [5, 5.41) is 3.54.